The van der Waals surface area contributed by atoms with E-state index in [-0.39, 0.29) is 32.4 Å². The fourth-order valence-electron chi connectivity index (χ4n) is 5.92. The maximum atomic E-state index is 14.1. The summed E-state index contributed by atoms with van der Waals surface area (Å²) >= 11 is 0. The van der Waals surface area contributed by atoms with Crippen LogP contribution in [-0.2, 0) is 49.8 Å². The minimum Gasteiger partial charge on any atom is -0.492 e. The number of likely N-dealkylation sites (N-methyl/N-ethyl adjacent to an activating group) is 1. The van der Waals surface area contributed by atoms with Crippen molar-refractivity contribution in [1.29, 1.82) is 0 Å². The van der Waals surface area contributed by atoms with Gasteiger partial charge in [-0.2, -0.15) is 0 Å². The Labute approximate surface area is 284 Å². The van der Waals surface area contributed by atoms with Gasteiger partial charge in [0.1, 0.15) is 36.5 Å². The average molecular weight is 674 g/mol. The van der Waals surface area contributed by atoms with Crippen LogP contribution in [0.15, 0.2) is 60.8 Å². The van der Waals surface area contributed by atoms with Gasteiger partial charge in [0.2, 0.25) is 29.5 Å². The highest BCUT2D eigenvalue weighted by molar-refractivity contribution is 5.96. The summed E-state index contributed by atoms with van der Waals surface area (Å²) in [5.41, 5.74) is 7.72. The first-order chi connectivity index (χ1) is 23.6. The first-order valence-electron chi connectivity index (χ1n) is 16.4. The molecule has 1 aromatic heterocycles. The minimum atomic E-state index is -1.08. The van der Waals surface area contributed by atoms with Crippen LogP contribution in [0.5, 0.6) is 5.75 Å². The molecule has 5 atom stereocenters. The second-order valence-corrected chi connectivity index (χ2v) is 12.3. The number of carbonyl (C=O) groups is 5. The van der Waals surface area contributed by atoms with Gasteiger partial charge in [0.15, 0.2) is 0 Å². The van der Waals surface area contributed by atoms with Crippen LogP contribution in [0.1, 0.15) is 36.6 Å². The number of primary amides is 1. The topological polar surface area (TPSA) is 203 Å². The smallest absolute Gasteiger partial charge is 0.246 e. The molecule has 0 unspecified atom stereocenters. The van der Waals surface area contributed by atoms with E-state index in [2.05, 4.69) is 31.6 Å². The van der Waals surface area contributed by atoms with Crippen molar-refractivity contribution in [3.8, 4) is 5.75 Å². The minimum absolute atomic E-state index is 0.0434. The van der Waals surface area contributed by atoms with Crippen LogP contribution in [0.3, 0.4) is 0 Å². The Morgan fingerprint density at radius 1 is 1.02 bits per heavy atom. The molecule has 15 heteroatoms. The zero-order chi connectivity index (χ0) is 34.9. The van der Waals surface area contributed by atoms with Crippen LogP contribution >= 0.6 is 0 Å². The lowest BCUT2D eigenvalue weighted by molar-refractivity contribution is -0.142. The number of hydrogen-bond acceptors (Lipinski definition) is 9. The molecular weight excluding hydrogens is 630 g/mol. The second kappa shape index (κ2) is 16.2. The van der Waals surface area contributed by atoms with E-state index in [4.69, 9.17) is 10.5 Å². The van der Waals surface area contributed by atoms with Gasteiger partial charge < -0.3 is 36.6 Å². The largest absolute Gasteiger partial charge is 0.492 e. The lowest BCUT2D eigenvalue weighted by Crippen LogP contribution is -2.59. The first kappa shape index (κ1) is 35.0. The van der Waals surface area contributed by atoms with E-state index in [1.165, 1.54) is 4.90 Å². The van der Waals surface area contributed by atoms with E-state index in [1.54, 1.807) is 49.1 Å². The van der Waals surface area contributed by atoms with Crippen LogP contribution in [0.2, 0.25) is 0 Å². The molecule has 2 aromatic carbocycles. The summed E-state index contributed by atoms with van der Waals surface area (Å²) in [6.07, 6.45) is 2.90. The molecule has 49 heavy (non-hydrogen) atoms. The molecule has 0 saturated carbocycles. The molecule has 260 valence electrons. The number of aromatic nitrogens is 3. The van der Waals surface area contributed by atoms with Crippen molar-refractivity contribution >= 4 is 29.5 Å². The van der Waals surface area contributed by atoms with Crippen molar-refractivity contribution in [3.05, 3.63) is 77.6 Å². The quantitative estimate of drug-likeness (QED) is 0.223. The summed E-state index contributed by atoms with van der Waals surface area (Å²) < 4.78 is 7.46. The summed E-state index contributed by atoms with van der Waals surface area (Å²) in [5, 5.41) is 19.7. The molecule has 1 saturated heterocycles. The van der Waals surface area contributed by atoms with Gasteiger partial charge in [-0.3, -0.25) is 24.0 Å². The van der Waals surface area contributed by atoms with Crippen molar-refractivity contribution < 1.29 is 28.7 Å². The number of amides is 5. The number of rotatable bonds is 6. The number of nitrogens with one attached hydrogen (secondary N) is 4. The van der Waals surface area contributed by atoms with E-state index >= 15 is 0 Å². The van der Waals surface area contributed by atoms with Gasteiger partial charge in [0, 0.05) is 32.0 Å². The summed E-state index contributed by atoms with van der Waals surface area (Å²) in [6, 6.07) is 11.6. The number of carbonyl (C=O) groups excluding carboxylic acids is 5. The van der Waals surface area contributed by atoms with Gasteiger partial charge >= 0.3 is 0 Å². The lowest BCUT2D eigenvalue weighted by Gasteiger charge is -2.30. The highest BCUT2D eigenvalue weighted by atomic mass is 16.5. The molecule has 4 heterocycles. The fraction of sp³-hybridized carbons (Fsp3) is 0.441. The van der Waals surface area contributed by atoms with Crippen molar-refractivity contribution in [3.63, 3.8) is 0 Å². The Morgan fingerprint density at radius 2 is 1.78 bits per heavy atom. The monoisotopic (exact) mass is 673 g/mol. The SMILES string of the molecule is CN[C@@H](C)C(=O)N[C@H]1Cc2cn(nn2)CCOc2ccc(cc2)C[C@@H](C(N)=O)NC(=O)[C@H](Cc2ccccc2)NC(=O)[C@@H]2CCCN2C1=O. The van der Waals surface area contributed by atoms with Gasteiger partial charge in [-0.15, -0.1) is 5.10 Å². The fourth-order valence-corrected chi connectivity index (χ4v) is 5.92. The third-order valence-electron chi connectivity index (χ3n) is 8.81. The van der Waals surface area contributed by atoms with E-state index in [1.807, 2.05) is 30.3 Å². The van der Waals surface area contributed by atoms with Gasteiger partial charge in [0.05, 0.1) is 18.3 Å². The summed E-state index contributed by atoms with van der Waals surface area (Å²) in [4.78, 5) is 68.7. The van der Waals surface area contributed by atoms with Crippen molar-refractivity contribution in [2.24, 2.45) is 5.73 Å². The Bertz CT molecular complexity index is 1630. The molecule has 6 rings (SSSR count). The molecule has 1 fully saturated rings. The van der Waals surface area contributed by atoms with Gasteiger partial charge in [-0.1, -0.05) is 47.7 Å². The third kappa shape index (κ3) is 9.19. The highest BCUT2D eigenvalue weighted by Gasteiger charge is 2.39. The van der Waals surface area contributed by atoms with Crippen LogP contribution in [0, 0.1) is 0 Å². The Balaban J connectivity index is 1.47. The Morgan fingerprint density at radius 3 is 2.49 bits per heavy atom. The van der Waals surface area contributed by atoms with Gasteiger partial charge in [-0.05, 0) is 50.1 Å². The van der Waals surface area contributed by atoms with Crippen molar-refractivity contribution in [2.45, 2.75) is 75.8 Å². The number of nitrogens with zero attached hydrogens (tertiary/aromatic N) is 4. The zero-order valence-electron chi connectivity index (χ0n) is 27.6. The maximum absolute atomic E-state index is 14.1. The van der Waals surface area contributed by atoms with Gasteiger partial charge in [-0.25, -0.2) is 4.68 Å². The molecule has 3 aliphatic rings. The van der Waals surface area contributed by atoms with E-state index < -0.39 is 59.7 Å². The highest BCUT2D eigenvalue weighted by Crippen LogP contribution is 2.21. The molecule has 3 aliphatic heterocycles. The van der Waals surface area contributed by atoms with E-state index in [0.717, 1.165) is 11.1 Å². The summed E-state index contributed by atoms with van der Waals surface area (Å²) in [6.45, 7) is 2.60. The molecule has 0 aliphatic carbocycles. The third-order valence-corrected chi connectivity index (χ3v) is 8.81. The van der Waals surface area contributed by atoms with Gasteiger partial charge in [0.25, 0.3) is 0 Å². The molecule has 3 aromatic rings. The van der Waals surface area contributed by atoms with Crippen molar-refractivity contribution in [2.75, 3.05) is 20.2 Å². The number of nitrogens with two attached hydrogens (primary N) is 1. The molecule has 6 N–H and O–H groups in total. The number of hydrogen-bond donors (Lipinski definition) is 5. The Hall–Kier alpha value is -5.31. The molecule has 4 bridgehead atoms. The Kier molecular flexibility index (Phi) is 11.6. The number of ether oxygens (including phenoxy) is 1. The summed E-state index contributed by atoms with van der Waals surface area (Å²) in [5.74, 6) is -2.09. The van der Waals surface area contributed by atoms with Crippen LogP contribution in [0.4, 0.5) is 0 Å². The van der Waals surface area contributed by atoms with E-state index in [0.29, 0.717) is 30.8 Å². The second-order valence-electron chi connectivity index (χ2n) is 12.3. The van der Waals surface area contributed by atoms with Crippen LogP contribution in [-0.4, -0.2) is 99.8 Å². The molecule has 0 radical (unpaired) electrons. The lowest BCUT2D eigenvalue weighted by atomic mass is 10.0. The molecule has 0 spiro atoms. The zero-order valence-corrected chi connectivity index (χ0v) is 27.6. The summed E-state index contributed by atoms with van der Waals surface area (Å²) in [7, 11) is 1.64. The molecular formula is C34H43N9O6. The average Bonchev–Trinajstić information content (AvgIpc) is 3.77. The number of benzene rings is 2. The standard InChI is InChI=1S/C34H43N9O6/c1-21(36-2)31(45)39-28-19-24-20-42(41-40-24)15-16-49-25-12-10-23(11-13-25)17-26(30(35)44)37-32(46)27(18-22-7-4-3-5-8-22)38-33(47)29-9-6-14-43(29)34(28)48/h3-5,7-8,10-13,20-21,26-29,36H,6,9,14-19H2,1-2H3,(H2,35,44)(H,37,46)(H,38,47)(H,39,45)/t21-,26-,27-,28-,29-/m0/s1. The van der Waals surface area contributed by atoms with E-state index in [9.17, 15) is 24.0 Å². The molecule has 5 amide bonds. The first-order valence-corrected chi connectivity index (χ1v) is 16.4. The van der Waals surface area contributed by atoms with Crippen molar-refractivity contribution in [1.82, 2.24) is 41.2 Å². The molecule has 15 nitrogen and oxygen atoms in total. The normalized spacial score (nSPS) is 22.8. The number of fused-ring (bicyclic) bond motifs is 12. The predicted octanol–water partition coefficient (Wildman–Crippen LogP) is -0.763. The van der Waals surface area contributed by atoms with Crippen LogP contribution < -0.4 is 31.7 Å². The predicted molar refractivity (Wildman–Crippen MR) is 178 cm³/mol. The maximum Gasteiger partial charge on any atom is 0.246 e. The van der Waals surface area contributed by atoms with Crippen LogP contribution in [0.25, 0.3) is 0 Å².